The van der Waals surface area contributed by atoms with E-state index in [1.54, 1.807) is 29.2 Å². The molecular weight excluding hydrogens is 743 g/mol. The van der Waals surface area contributed by atoms with Crippen LogP contribution in [0.5, 0.6) is 5.75 Å². The van der Waals surface area contributed by atoms with E-state index in [0.717, 1.165) is 10.8 Å². The number of nitrogens with one attached hydrogen (secondary N) is 2. The van der Waals surface area contributed by atoms with E-state index in [1.807, 2.05) is 19.9 Å². The van der Waals surface area contributed by atoms with Gasteiger partial charge in [-0.2, -0.15) is 4.68 Å². The SMILES string of the molecule is COc1cnc(-n2cnc(C(=O)NC(C)(C)CCOC(C)(C)CCI)n2)c2[nH]cc(C(=O)C(=O)N3CCN(C(=O)c4ccccc4)CC3)c12. The molecule has 1 saturated heterocycles. The Balaban J connectivity index is 1.28. The van der Waals surface area contributed by atoms with Crippen LogP contribution in [0.2, 0.25) is 0 Å². The van der Waals surface area contributed by atoms with Gasteiger partial charge < -0.3 is 29.6 Å². The zero-order chi connectivity index (χ0) is 35.3. The smallest absolute Gasteiger partial charge is 0.295 e. The van der Waals surface area contributed by atoms with Crippen molar-refractivity contribution in [3.8, 4) is 11.6 Å². The second kappa shape index (κ2) is 15.0. The lowest BCUT2D eigenvalue weighted by Crippen LogP contribution is -2.52. The number of amides is 3. The second-order valence-corrected chi connectivity index (χ2v) is 14.1. The molecule has 0 radical (unpaired) electrons. The summed E-state index contributed by atoms with van der Waals surface area (Å²) in [5.74, 6) is -1.52. The first-order chi connectivity index (χ1) is 23.3. The number of aromatic amines is 1. The topological polar surface area (TPSA) is 165 Å². The van der Waals surface area contributed by atoms with Crippen LogP contribution >= 0.6 is 22.6 Å². The fourth-order valence-electron chi connectivity index (χ4n) is 5.52. The van der Waals surface area contributed by atoms with Gasteiger partial charge in [-0.15, -0.1) is 5.10 Å². The molecule has 4 aromatic rings. The molecule has 15 heteroatoms. The molecule has 4 heterocycles. The summed E-state index contributed by atoms with van der Waals surface area (Å²) < 4.78 is 13.9. The van der Waals surface area contributed by atoms with Crippen LogP contribution in [0.15, 0.2) is 49.1 Å². The summed E-state index contributed by atoms with van der Waals surface area (Å²) >= 11 is 2.33. The number of H-pyrrole nitrogens is 1. The number of methoxy groups -OCH3 is 1. The third kappa shape index (κ3) is 8.26. The minimum Gasteiger partial charge on any atom is -0.494 e. The van der Waals surface area contributed by atoms with Crippen molar-refractivity contribution in [1.29, 1.82) is 0 Å². The van der Waals surface area contributed by atoms with Gasteiger partial charge >= 0.3 is 0 Å². The summed E-state index contributed by atoms with van der Waals surface area (Å²) in [5.41, 5.74) is 0.224. The number of hydrogen-bond donors (Lipinski definition) is 2. The molecule has 0 aliphatic carbocycles. The molecule has 2 N–H and O–H groups in total. The highest BCUT2D eigenvalue weighted by Crippen LogP contribution is 2.32. The standard InChI is InChI=1S/C34H41IN8O6/c1-33(2,12-18-49-34(3,4)11-13-35)39-30(45)28-38-21-43(40-28)29-26-25(24(48-5)20-37-29)23(19-36-26)27(44)32(47)42-16-14-41(15-17-42)31(46)22-9-7-6-8-10-22/h6-10,19-21,36H,11-18H2,1-5H3,(H,39,45). The molecule has 0 unspecified atom stereocenters. The molecule has 5 rings (SSSR count). The van der Waals surface area contributed by atoms with E-state index in [1.165, 1.54) is 35.4 Å². The summed E-state index contributed by atoms with van der Waals surface area (Å²) in [7, 11) is 1.44. The Morgan fingerprint density at radius 2 is 1.67 bits per heavy atom. The molecule has 0 atom stereocenters. The second-order valence-electron chi connectivity index (χ2n) is 13.0. The number of hydrogen-bond acceptors (Lipinski definition) is 9. The van der Waals surface area contributed by atoms with Crippen molar-refractivity contribution in [2.24, 2.45) is 0 Å². The summed E-state index contributed by atoms with van der Waals surface area (Å²) in [6, 6.07) is 8.94. The number of halogens is 1. The van der Waals surface area contributed by atoms with Crippen molar-refractivity contribution in [2.45, 2.75) is 51.7 Å². The van der Waals surface area contributed by atoms with Gasteiger partial charge in [0, 0.05) is 54.5 Å². The third-order valence-corrected chi connectivity index (χ3v) is 9.01. The number of fused-ring (bicyclic) bond motifs is 1. The predicted molar refractivity (Wildman–Crippen MR) is 191 cm³/mol. The average molecular weight is 785 g/mol. The van der Waals surface area contributed by atoms with Crippen LogP contribution in [0, 0.1) is 0 Å². The van der Waals surface area contributed by atoms with Crippen LogP contribution in [-0.4, -0.2) is 114 Å². The molecule has 49 heavy (non-hydrogen) atoms. The zero-order valence-corrected chi connectivity index (χ0v) is 30.4. The van der Waals surface area contributed by atoms with Crippen LogP contribution in [0.4, 0.5) is 0 Å². The van der Waals surface area contributed by atoms with Crippen molar-refractivity contribution in [1.82, 2.24) is 39.8 Å². The number of pyridine rings is 1. The molecule has 260 valence electrons. The Bertz CT molecular complexity index is 1830. The summed E-state index contributed by atoms with van der Waals surface area (Å²) in [6.07, 6.45) is 5.73. The quantitative estimate of drug-likeness (QED) is 0.0888. The number of piperazine rings is 1. The van der Waals surface area contributed by atoms with Crippen LogP contribution < -0.4 is 10.1 Å². The maximum Gasteiger partial charge on any atom is 0.295 e. The number of rotatable bonds is 13. The van der Waals surface area contributed by atoms with Crippen LogP contribution in [0.3, 0.4) is 0 Å². The van der Waals surface area contributed by atoms with Gasteiger partial charge in [-0.05, 0) is 52.7 Å². The molecule has 3 amide bonds. The van der Waals surface area contributed by atoms with Crippen LogP contribution in [0.1, 0.15) is 71.9 Å². The highest BCUT2D eigenvalue weighted by Gasteiger charge is 2.32. The van der Waals surface area contributed by atoms with E-state index in [-0.39, 0.29) is 47.6 Å². The number of alkyl halides is 1. The van der Waals surface area contributed by atoms with E-state index in [0.29, 0.717) is 42.6 Å². The summed E-state index contributed by atoms with van der Waals surface area (Å²) in [6.45, 7) is 9.47. The number of ether oxygens (including phenoxy) is 2. The summed E-state index contributed by atoms with van der Waals surface area (Å²) in [4.78, 5) is 67.8. The molecular formula is C34H41IN8O6. The van der Waals surface area contributed by atoms with Crippen molar-refractivity contribution in [3.05, 3.63) is 66.0 Å². The number of carbonyl (C=O) groups is 4. The van der Waals surface area contributed by atoms with Gasteiger partial charge in [-0.3, -0.25) is 19.2 Å². The molecule has 1 aromatic carbocycles. The first-order valence-corrected chi connectivity index (χ1v) is 17.5. The first-order valence-electron chi connectivity index (χ1n) is 16.0. The average Bonchev–Trinajstić information content (AvgIpc) is 3.76. The summed E-state index contributed by atoms with van der Waals surface area (Å²) in [5, 5.41) is 7.69. The molecule has 0 spiro atoms. The molecule has 0 saturated carbocycles. The Hall–Kier alpha value is -4.38. The molecule has 1 aliphatic heterocycles. The van der Waals surface area contributed by atoms with E-state index < -0.39 is 23.1 Å². The maximum absolute atomic E-state index is 13.6. The molecule has 14 nitrogen and oxygen atoms in total. The highest BCUT2D eigenvalue weighted by atomic mass is 127. The van der Waals surface area contributed by atoms with Crippen molar-refractivity contribution < 1.29 is 28.7 Å². The Kier molecular flexibility index (Phi) is 11.0. The Morgan fingerprint density at radius 3 is 2.35 bits per heavy atom. The zero-order valence-electron chi connectivity index (χ0n) is 28.3. The normalized spacial score (nSPS) is 13.8. The largest absolute Gasteiger partial charge is 0.494 e. The van der Waals surface area contributed by atoms with Gasteiger partial charge in [0.1, 0.15) is 12.1 Å². The van der Waals surface area contributed by atoms with Crippen LogP contribution in [-0.2, 0) is 9.53 Å². The minimum absolute atomic E-state index is 0.0621. The number of ketones is 1. The van der Waals surface area contributed by atoms with Gasteiger partial charge in [0.25, 0.3) is 23.5 Å². The monoisotopic (exact) mass is 784 g/mol. The number of aromatic nitrogens is 5. The molecule has 1 aliphatic rings. The van der Waals surface area contributed by atoms with E-state index in [4.69, 9.17) is 9.47 Å². The van der Waals surface area contributed by atoms with Gasteiger partial charge in [0.15, 0.2) is 5.82 Å². The molecule has 1 fully saturated rings. The van der Waals surface area contributed by atoms with Gasteiger partial charge in [-0.25, -0.2) is 9.97 Å². The molecule has 0 bridgehead atoms. The van der Waals surface area contributed by atoms with E-state index in [2.05, 4.69) is 61.8 Å². The van der Waals surface area contributed by atoms with Gasteiger partial charge in [0.05, 0.1) is 35.4 Å². The Morgan fingerprint density at radius 1 is 0.980 bits per heavy atom. The Labute approximate surface area is 298 Å². The number of Topliss-reactive ketones (excluding diaryl/α,β-unsaturated/α-hetero) is 1. The lowest BCUT2D eigenvalue weighted by atomic mass is 10.0. The number of nitrogens with zero attached hydrogens (tertiary/aromatic N) is 6. The van der Waals surface area contributed by atoms with Crippen molar-refractivity contribution in [3.63, 3.8) is 0 Å². The maximum atomic E-state index is 13.6. The third-order valence-electron chi connectivity index (χ3n) is 8.47. The highest BCUT2D eigenvalue weighted by molar-refractivity contribution is 14.1. The molecule has 3 aromatic heterocycles. The fourth-order valence-corrected chi connectivity index (χ4v) is 6.82. The minimum atomic E-state index is -0.730. The van der Waals surface area contributed by atoms with Crippen molar-refractivity contribution >= 4 is 57.0 Å². The van der Waals surface area contributed by atoms with Crippen LogP contribution in [0.25, 0.3) is 16.7 Å². The first kappa shape index (κ1) is 35.9. The predicted octanol–water partition coefficient (Wildman–Crippen LogP) is 3.84. The van der Waals surface area contributed by atoms with Crippen molar-refractivity contribution in [2.75, 3.05) is 44.3 Å². The number of benzene rings is 1. The van der Waals surface area contributed by atoms with Gasteiger partial charge in [-0.1, -0.05) is 40.8 Å². The van der Waals surface area contributed by atoms with E-state index >= 15 is 0 Å². The number of carbonyl (C=O) groups excluding carboxylic acids is 4. The lowest BCUT2D eigenvalue weighted by Gasteiger charge is -2.34. The van der Waals surface area contributed by atoms with Gasteiger partial charge in [0.2, 0.25) is 5.82 Å². The van der Waals surface area contributed by atoms with E-state index in [9.17, 15) is 19.2 Å². The fraction of sp³-hybridized carbons (Fsp3) is 0.441. The lowest BCUT2D eigenvalue weighted by molar-refractivity contribution is -0.127.